The summed E-state index contributed by atoms with van der Waals surface area (Å²) in [6.45, 7) is 0.580. The van der Waals surface area contributed by atoms with E-state index in [4.69, 9.17) is 0 Å². The van der Waals surface area contributed by atoms with Crippen LogP contribution in [-0.2, 0) is 13.6 Å². The minimum absolute atomic E-state index is 0.0593. The quantitative estimate of drug-likeness (QED) is 0.862. The maximum absolute atomic E-state index is 12.5. The van der Waals surface area contributed by atoms with E-state index in [1.807, 2.05) is 32.4 Å². The van der Waals surface area contributed by atoms with Crippen molar-refractivity contribution in [1.82, 2.24) is 14.7 Å². The molecule has 122 valence electrons. The third-order valence-corrected chi connectivity index (χ3v) is 4.76. The molecule has 0 unspecified atom stereocenters. The molecule has 1 aliphatic carbocycles. The normalized spacial score (nSPS) is 15.6. The van der Waals surface area contributed by atoms with Crippen LogP contribution in [0.25, 0.3) is 0 Å². The number of hydrogen-bond acceptors (Lipinski definition) is 2. The topological polar surface area (TPSA) is 38.1 Å². The highest BCUT2D eigenvalue weighted by molar-refractivity contribution is 5.94. The van der Waals surface area contributed by atoms with E-state index >= 15 is 0 Å². The standard InChI is InChI=1S/C19H25N3O/c1-21(13-15-12-20-22(2)14-15)19(23)18-10-8-17(9-11-18)16-6-4-3-5-7-16/h8-12,14,16H,3-7,13H2,1-2H3. The van der Waals surface area contributed by atoms with E-state index in [0.29, 0.717) is 12.5 Å². The lowest BCUT2D eigenvalue weighted by molar-refractivity contribution is 0.0785. The largest absolute Gasteiger partial charge is 0.337 e. The molecule has 1 aromatic carbocycles. The molecule has 0 radical (unpaired) electrons. The van der Waals surface area contributed by atoms with Gasteiger partial charge in [-0.1, -0.05) is 31.4 Å². The van der Waals surface area contributed by atoms with Crippen molar-refractivity contribution in [3.8, 4) is 0 Å². The Balaban J connectivity index is 1.64. The summed E-state index contributed by atoms with van der Waals surface area (Å²) in [5, 5.41) is 4.14. The van der Waals surface area contributed by atoms with Crippen molar-refractivity contribution in [3.63, 3.8) is 0 Å². The molecule has 0 bridgehead atoms. The number of carbonyl (C=O) groups excluding carboxylic acids is 1. The molecule has 0 N–H and O–H groups in total. The van der Waals surface area contributed by atoms with Crippen molar-refractivity contribution in [3.05, 3.63) is 53.3 Å². The zero-order valence-corrected chi connectivity index (χ0v) is 14.0. The molecule has 1 saturated carbocycles. The third kappa shape index (κ3) is 3.81. The SMILES string of the molecule is CN(Cc1cnn(C)c1)C(=O)c1ccc(C2CCCCC2)cc1. The van der Waals surface area contributed by atoms with E-state index in [1.165, 1.54) is 37.7 Å². The lowest BCUT2D eigenvalue weighted by Crippen LogP contribution is -2.26. The highest BCUT2D eigenvalue weighted by Gasteiger charge is 2.17. The summed E-state index contributed by atoms with van der Waals surface area (Å²) in [4.78, 5) is 14.3. The minimum atomic E-state index is 0.0593. The number of amides is 1. The van der Waals surface area contributed by atoms with E-state index in [2.05, 4.69) is 17.2 Å². The Morgan fingerprint density at radius 1 is 1.22 bits per heavy atom. The van der Waals surface area contributed by atoms with Crippen LogP contribution in [0.15, 0.2) is 36.7 Å². The van der Waals surface area contributed by atoms with Crippen molar-refractivity contribution >= 4 is 5.91 Å². The van der Waals surface area contributed by atoms with Crippen LogP contribution in [0.3, 0.4) is 0 Å². The summed E-state index contributed by atoms with van der Waals surface area (Å²) >= 11 is 0. The number of hydrogen-bond donors (Lipinski definition) is 0. The minimum Gasteiger partial charge on any atom is -0.337 e. The van der Waals surface area contributed by atoms with Gasteiger partial charge in [0.15, 0.2) is 0 Å². The molecule has 0 spiro atoms. The second kappa shape index (κ2) is 6.99. The summed E-state index contributed by atoms with van der Waals surface area (Å²) < 4.78 is 1.76. The van der Waals surface area contributed by atoms with E-state index in [-0.39, 0.29) is 5.91 Å². The van der Waals surface area contributed by atoms with Gasteiger partial charge in [-0.25, -0.2) is 0 Å². The van der Waals surface area contributed by atoms with E-state index < -0.39 is 0 Å². The molecule has 23 heavy (non-hydrogen) atoms. The first-order chi connectivity index (χ1) is 11.1. The first kappa shape index (κ1) is 15.8. The molecule has 1 aromatic heterocycles. The van der Waals surface area contributed by atoms with Gasteiger partial charge in [0.25, 0.3) is 5.91 Å². The van der Waals surface area contributed by atoms with E-state index in [9.17, 15) is 4.79 Å². The fraction of sp³-hybridized carbons (Fsp3) is 0.474. The predicted molar refractivity (Wildman–Crippen MR) is 91.3 cm³/mol. The van der Waals surface area contributed by atoms with Crippen molar-refractivity contribution in [2.45, 2.75) is 44.6 Å². The van der Waals surface area contributed by atoms with Gasteiger partial charge in [0.1, 0.15) is 0 Å². The molecule has 0 atom stereocenters. The lowest BCUT2D eigenvalue weighted by atomic mass is 9.84. The zero-order valence-electron chi connectivity index (χ0n) is 14.0. The lowest BCUT2D eigenvalue weighted by Gasteiger charge is -2.22. The number of aryl methyl sites for hydroxylation is 1. The molecule has 1 heterocycles. The summed E-state index contributed by atoms with van der Waals surface area (Å²) in [5.74, 6) is 0.741. The molecule has 4 nitrogen and oxygen atoms in total. The summed E-state index contributed by atoms with van der Waals surface area (Å²) in [6.07, 6.45) is 10.3. The molecule has 3 rings (SSSR count). The Hall–Kier alpha value is -2.10. The van der Waals surface area contributed by atoms with Crippen molar-refractivity contribution in [2.24, 2.45) is 7.05 Å². The van der Waals surface area contributed by atoms with E-state index in [1.54, 1.807) is 15.8 Å². The van der Waals surface area contributed by atoms with Gasteiger partial charge in [-0.3, -0.25) is 9.48 Å². The van der Waals surface area contributed by atoms with Gasteiger partial charge < -0.3 is 4.90 Å². The van der Waals surface area contributed by atoms with Crippen LogP contribution >= 0.6 is 0 Å². The van der Waals surface area contributed by atoms with Crippen LogP contribution in [0.2, 0.25) is 0 Å². The fourth-order valence-corrected chi connectivity index (χ4v) is 3.45. The molecule has 1 amide bonds. The van der Waals surface area contributed by atoms with Crippen molar-refractivity contribution in [1.29, 1.82) is 0 Å². The van der Waals surface area contributed by atoms with Crippen LogP contribution in [-0.4, -0.2) is 27.6 Å². The number of aromatic nitrogens is 2. The van der Waals surface area contributed by atoms with Gasteiger partial charge >= 0.3 is 0 Å². The highest BCUT2D eigenvalue weighted by atomic mass is 16.2. The molecule has 1 aliphatic rings. The summed E-state index contributed by atoms with van der Waals surface area (Å²) in [7, 11) is 3.72. The van der Waals surface area contributed by atoms with Crippen LogP contribution in [0.1, 0.15) is 59.5 Å². The molecule has 4 heteroatoms. The summed E-state index contributed by atoms with van der Waals surface area (Å²) in [6, 6.07) is 8.24. The predicted octanol–water partition coefficient (Wildman–Crippen LogP) is 3.74. The Labute approximate surface area is 138 Å². The van der Waals surface area contributed by atoms with Gasteiger partial charge in [0.05, 0.1) is 6.20 Å². The number of benzene rings is 1. The Morgan fingerprint density at radius 2 is 1.91 bits per heavy atom. The molecule has 2 aromatic rings. The molecular weight excluding hydrogens is 286 g/mol. The van der Waals surface area contributed by atoms with Crippen LogP contribution in [0.4, 0.5) is 0 Å². The first-order valence-electron chi connectivity index (χ1n) is 8.46. The van der Waals surface area contributed by atoms with Crippen LogP contribution < -0.4 is 0 Å². The van der Waals surface area contributed by atoms with Crippen molar-refractivity contribution in [2.75, 3.05) is 7.05 Å². The fourth-order valence-electron chi connectivity index (χ4n) is 3.45. The summed E-state index contributed by atoms with van der Waals surface area (Å²) in [5.41, 5.74) is 3.19. The van der Waals surface area contributed by atoms with Gasteiger partial charge in [0, 0.05) is 38.0 Å². The van der Waals surface area contributed by atoms with E-state index in [0.717, 1.165) is 11.1 Å². The molecule has 0 saturated heterocycles. The average Bonchev–Trinajstić information content (AvgIpc) is 3.00. The number of rotatable bonds is 4. The maximum Gasteiger partial charge on any atom is 0.253 e. The monoisotopic (exact) mass is 311 g/mol. The van der Waals surface area contributed by atoms with Crippen LogP contribution in [0.5, 0.6) is 0 Å². The van der Waals surface area contributed by atoms with Gasteiger partial charge in [-0.2, -0.15) is 5.10 Å². The van der Waals surface area contributed by atoms with Gasteiger partial charge in [-0.15, -0.1) is 0 Å². The molecular formula is C19H25N3O. The van der Waals surface area contributed by atoms with Crippen LogP contribution in [0, 0.1) is 0 Å². The first-order valence-corrected chi connectivity index (χ1v) is 8.46. The van der Waals surface area contributed by atoms with Gasteiger partial charge in [0.2, 0.25) is 0 Å². The second-order valence-corrected chi connectivity index (χ2v) is 6.64. The Bertz CT molecular complexity index is 654. The molecule has 1 fully saturated rings. The molecule has 0 aliphatic heterocycles. The highest BCUT2D eigenvalue weighted by Crippen LogP contribution is 2.32. The average molecular weight is 311 g/mol. The zero-order chi connectivity index (χ0) is 16.2. The Kier molecular flexibility index (Phi) is 4.79. The number of nitrogens with zero attached hydrogens (tertiary/aromatic N) is 3. The third-order valence-electron chi connectivity index (χ3n) is 4.76. The number of carbonyl (C=O) groups is 1. The van der Waals surface area contributed by atoms with Gasteiger partial charge in [-0.05, 0) is 36.5 Å². The second-order valence-electron chi connectivity index (χ2n) is 6.64. The van der Waals surface area contributed by atoms with Crippen molar-refractivity contribution < 1.29 is 4.79 Å². The smallest absolute Gasteiger partial charge is 0.253 e. The maximum atomic E-state index is 12.5. The Morgan fingerprint density at radius 3 is 2.52 bits per heavy atom.